The average Bonchev–Trinajstić information content (AvgIpc) is 2.91. The minimum absolute atomic E-state index is 0.156. The van der Waals surface area contributed by atoms with E-state index in [4.69, 9.17) is 9.47 Å². The predicted octanol–water partition coefficient (Wildman–Crippen LogP) is 2.71. The number of aromatic hydroxyl groups is 1. The summed E-state index contributed by atoms with van der Waals surface area (Å²) in [5.74, 6) is 1.53. The Bertz CT molecular complexity index is 862. The molecule has 156 valence electrons. The molecule has 0 radical (unpaired) electrons. The highest BCUT2D eigenvalue weighted by molar-refractivity contribution is 5.42. The number of benzene rings is 2. The Kier molecular flexibility index (Phi) is 5.67. The van der Waals surface area contributed by atoms with Crippen LogP contribution in [-0.4, -0.2) is 60.4 Å². The molecule has 0 bridgehead atoms. The third-order valence-corrected chi connectivity index (χ3v) is 6.12. The van der Waals surface area contributed by atoms with Gasteiger partial charge in [-0.2, -0.15) is 0 Å². The maximum atomic E-state index is 11.2. The number of hydrogen-bond donors (Lipinski definition) is 2. The first-order chi connectivity index (χ1) is 14.0. The number of nitrogens with zero attached hydrogens (tertiary/aromatic N) is 2. The fraction of sp³-hybridized carbons (Fsp3) is 0.478. The van der Waals surface area contributed by atoms with Gasteiger partial charge in [0.15, 0.2) is 11.5 Å². The van der Waals surface area contributed by atoms with Crippen LogP contribution < -0.4 is 9.47 Å². The van der Waals surface area contributed by atoms with Crippen LogP contribution in [0.4, 0.5) is 0 Å². The SMILES string of the molecule is COc1ccc(CN2CCOc3ccc(C4(O)CCN(C)CC4)cc3C2)cc1O. The molecule has 0 saturated carbocycles. The van der Waals surface area contributed by atoms with Crippen molar-refractivity contribution in [3.63, 3.8) is 0 Å². The number of ether oxygens (including phenoxy) is 2. The van der Waals surface area contributed by atoms with Crippen LogP contribution in [0.2, 0.25) is 0 Å². The molecule has 2 aromatic carbocycles. The van der Waals surface area contributed by atoms with Crippen LogP contribution in [0, 0.1) is 0 Å². The van der Waals surface area contributed by atoms with E-state index in [-0.39, 0.29) is 5.75 Å². The smallest absolute Gasteiger partial charge is 0.160 e. The number of fused-ring (bicyclic) bond motifs is 1. The van der Waals surface area contributed by atoms with Crippen LogP contribution in [0.25, 0.3) is 0 Å². The van der Waals surface area contributed by atoms with E-state index in [1.807, 2.05) is 18.2 Å². The highest BCUT2D eigenvalue weighted by Crippen LogP contribution is 2.36. The van der Waals surface area contributed by atoms with Crippen molar-refractivity contribution in [3.05, 3.63) is 53.1 Å². The fourth-order valence-corrected chi connectivity index (χ4v) is 4.24. The Morgan fingerprint density at radius 3 is 2.62 bits per heavy atom. The maximum Gasteiger partial charge on any atom is 0.160 e. The normalized spacial score (nSPS) is 19.8. The lowest BCUT2D eigenvalue weighted by molar-refractivity contribution is -0.0204. The van der Waals surface area contributed by atoms with Gasteiger partial charge in [0.2, 0.25) is 0 Å². The summed E-state index contributed by atoms with van der Waals surface area (Å²) >= 11 is 0. The Morgan fingerprint density at radius 2 is 1.90 bits per heavy atom. The number of phenols is 1. The van der Waals surface area contributed by atoms with Crippen molar-refractivity contribution in [3.8, 4) is 17.2 Å². The van der Waals surface area contributed by atoms with Crippen molar-refractivity contribution in [2.75, 3.05) is 40.4 Å². The summed E-state index contributed by atoms with van der Waals surface area (Å²) in [4.78, 5) is 4.56. The molecule has 29 heavy (non-hydrogen) atoms. The van der Waals surface area contributed by atoms with Crippen LogP contribution >= 0.6 is 0 Å². The Labute approximate surface area is 172 Å². The molecule has 1 saturated heterocycles. The van der Waals surface area contributed by atoms with E-state index >= 15 is 0 Å². The van der Waals surface area contributed by atoms with Gasteiger partial charge in [0.25, 0.3) is 0 Å². The van der Waals surface area contributed by atoms with Crippen LogP contribution in [0.3, 0.4) is 0 Å². The zero-order chi connectivity index (χ0) is 20.4. The molecule has 1 fully saturated rings. The highest BCUT2D eigenvalue weighted by atomic mass is 16.5. The van der Waals surface area contributed by atoms with E-state index in [0.29, 0.717) is 18.9 Å². The fourth-order valence-electron chi connectivity index (χ4n) is 4.24. The second kappa shape index (κ2) is 8.22. The molecular weight excluding hydrogens is 368 g/mol. The standard InChI is InChI=1S/C23H30N2O4/c1-24-9-7-23(27,8-10-24)19-4-6-21-18(14-19)16-25(11-12-29-21)15-17-3-5-22(28-2)20(26)13-17/h3-6,13-14,26-27H,7-12,15-16H2,1-2H3. The quantitative estimate of drug-likeness (QED) is 0.826. The molecule has 0 spiro atoms. The number of phenolic OH excluding ortho intramolecular Hbond substituents is 1. The summed E-state index contributed by atoms with van der Waals surface area (Å²) in [6, 6.07) is 11.7. The molecule has 2 aromatic rings. The number of hydrogen-bond acceptors (Lipinski definition) is 6. The highest BCUT2D eigenvalue weighted by Gasteiger charge is 2.33. The summed E-state index contributed by atoms with van der Waals surface area (Å²) < 4.78 is 11.1. The summed E-state index contributed by atoms with van der Waals surface area (Å²) in [7, 11) is 3.65. The van der Waals surface area contributed by atoms with Gasteiger partial charge in [-0.05, 0) is 55.3 Å². The average molecular weight is 399 g/mol. The van der Waals surface area contributed by atoms with Gasteiger partial charge in [-0.15, -0.1) is 0 Å². The maximum absolute atomic E-state index is 11.2. The monoisotopic (exact) mass is 398 g/mol. The van der Waals surface area contributed by atoms with E-state index in [1.54, 1.807) is 19.2 Å². The van der Waals surface area contributed by atoms with E-state index in [9.17, 15) is 10.2 Å². The molecule has 2 aliphatic heterocycles. The second-order valence-electron chi connectivity index (χ2n) is 8.22. The summed E-state index contributed by atoms with van der Waals surface area (Å²) in [5.41, 5.74) is 2.35. The number of piperidine rings is 1. The van der Waals surface area contributed by atoms with Crippen molar-refractivity contribution in [1.29, 1.82) is 0 Å². The Morgan fingerprint density at radius 1 is 1.10 bits per heavy atom. The molecule has 0 aromatic heterocycles. The summed E-state index contributed by atoms with van der Waals surface area (Å²) in [5, 5.41) is 21.3. The Hall–Kier alpha value is -2.28. The van der Waals surface area contributed by atoms with Crippen LogP contribution in [-0.2, 0) is 18.7 Å². The number of rotatable bonds is 4. The molecule has 2 heterocycles. The lowest BCUT2D eigenvalue weighted by atomic mass is 9.84. The zero-order valence-corrected chi connectivity index (χ0v) is 17.2. The molecule has 2 N–H and O–H groups in total. The molecule has 6 heteroatoms. The van der Waals surface area contributed by atoms with Gasteiger partial charge in [0, 0.05) is 38.3 Å². The molecule has 4 rings (SSSR count). The molecule has 0 amide bonds. The van der Waals surface area contributed by atoms with Crippen LogP contribution in [0.5, 0.6) is 17.2 Å². The van der Waals surface area contributed by atoms with Crippen molar-refractivity contribution in [1.82, 2.24) is 9.80 Å². The number of aliphatic hydroxyl groups is 1. The van der Waals surface area contributed by atoms with Gasteiger partial charge in [0.1, 0.15) is 12.4 Å². The van der Waals surface area contributed by atoms with Gasteiger partial charge < -0.3 is 24.6 Å². The lowest BCUT2D eigenvalue weighted by Crippen LogP contribution is -2.40. The van der Waals surface area contributed by atoms with Crippen molar-refractivity contribution >= 4 is 0 Å². The molecular formula is C23H30N2O4. The van der Waals surface area contributed by atoms with Gasteiger partial charge in [-0.1, -0.05) is 12.1 Å². The third kappa shape index (κ3) is 4.34. The molecule has 2 aliphatic rings. The zero-order valence-electron chi connectivity index (χ0n) is 17.2. The number of methoxy groups -OCH3 is 1. The number of likely N-dealkylation sites (tertiary alicyclic amines) is 1. The lowest BCUT2D eigenvalue weighted by Gasteiger charge is -2.37. The van der Waals surface area contributed by atoms with Crippen LogP contribution in [0.15, 0.2) is 36.4 Å². The first-order valence-corrected chi connectivity index (χ1v) is 10.2. The minimum atomic E-state index is -0.763. The minimum Gasteiger partial charge on any atom is -0.504 e. The van der Waals surface area contributed by atoms with E-state index in [1.165, 1.54) is 0 Å². The van der Waals surface area contributed by atoms with E-state index < -0.39 is 5.60 Å². The van der Waals surface area contributed by atoms with Crippen molar-refractivity contribution in [2.45, 2.75) is 31.5 Å². The van der Waals surface area contributed by atoms with Crippen LogP contribution in [0.1, 0.15) is 29.5 Å². The largest absolute Gasteiger partial charge is 0.504 e. The third-order valence-electron chi connectivity index (χ3n) is 6.12. The Balaban J connectivity index is 1.52. The van der Waals surface area contributed by atoms with E-state index in [2.05, 4.69) is 22.9 Å². The second-order valence-corrected chi connectivity index (χ2v) is 8.22. The molecule has 0 unspecified atom stereocenters. The topological polar surface area (TPSA) is 65.4 Å². The molecule has 6 nitrogen and oxygen atoms in total. The van der Waals surface area contributed by atoms with Crippen molar-refractivity contribution < 1.29 is 19.7 Å². The van der Waals surface area contributed by atoms with Gasteiger partial charge in [-0.3, -0.25) is 4.90 Å². The van der Waals surface area contributed by atoms with Gasteiger partial charge in [-0.25, -0.2) is 0 Å². The predicted molar refractivity (Wildman–Crippen MR) is 111 cm³/mol. The first kappa shape index (κ1) is 20.0. The summed E-state index contributed by atoms with van der Waals surface area (Å²) in [6.07, 6.45) is 1.50. The van der Waals surface area contributed by atoms with Gasteiger partial charge in [0.05, 0.1) is 12.7 Å². The first-order valence-electron chi connectivity index (χ1n) is 10.2. The van der Waals surface area contributed by atoms with Crippen molar-refractivity contribution in [2.24, 2.45) is 0 Å². The van der Waals surface area contributed by atoms with E-state index in [0.717, 1.165) is 61.5 Å². The molecule has 0 aliphatic carbocycles. The molecule has 0 atom stereocenters. The van der Waals surface area contributed by atoms with Gasteiger partial charge >= 0.3 is 0 Å². The summed E-state index contributed by atoms with van der Waals surface area (Å²) in [6.45, 7) is 4.66.